The predicted molar refractivity (Wildman–Crippen MR) is 220 cm³/mol. The summed E-state index contributed by atoms with van der Waals surface area (Å²) in [5.41, 5.74) is 9.87. The topological polar surface area (TPSA) is 195 Å². The van der Waals surface area contributed by atoms with Crippen LogP contribution in [0.2, 0.25) is 0 Å². The van der Waals surface area contributed by atoms with Crippen LogP contribution in [0.1, 0.15) is 97.4 Å². The highest BCUT2D eigenvalue weighted by Gasteiger charge is 2.44. The smallest absolute Gasteiger partial charge is 0.262 e. The number of ether oxygens (including phenoxy) is 1. The van der Waals surface area contributed by atoms with Gasteiger partial charge in [-0.05, 0) is 86.7 Å². The van der Waals surface area contributed by atoms with Crippen molar-refractivity contribution < 1.29 is 28.7 Å². The number of fused-ring (bicyclic) bond motifs is 2. The van der Waals surface area contributed by atoms with Crippen LogP contribution in [0.4, 0.5) is 11.5 Å². The number of carbonyl (C=O) groups is 5. The minimum absolute atomic E-state index is 0.0418. The third-order valence-corrected chi connectivity index (χ3v) is 11.3. The molecule has 0 spiro atoms. The lowest BCUT2D eigenvalue weighted by Crippen LogP contribution is -2.54. The van der Waals surface area contributed by atoms with Crippen LogP contribution in [0.25, 0.3) is 22.3 Å². The van der Waals surface area contributed by atoms with E-state index in [0.717, 1.165) is 79.8 Å². The molecule has 3 aliphatic rings. The number of unbranched alkanes of at least 4 members (excludes halogenated alkanes) is 5. The van der Waals surface area contributed by atoms with E-state index in [4.69, 9.17) is 15.6 Å². The molecule has 59 heavy (non-hydrogen) atoms. The molecule has 304 valence electrons. The number of likely N-dealkylation sites (tertiary alicyclic amines) is 1. The van der Waals surface area contributed by atoms with Crippen LogP contribution in [-0.2, 0) is 14.4 Å². The fourth-order valence-corrected chi connectivity index (χ4v) is 8.22. The van der Waals surface area contributed by atoms with Gasteiger partial charge < -0.3 is 20.7 Å². The number of aromatic nitrogens is 4. The second-order valence-electron chi connectivity index (χ2n) is 15.3. The normalized spacial score (nSPS) is 18.0. The Morgan fingerprint density at radius 2 is 1.59 bits per heavy atom. The third kappa shape index (κ3) is 8.50. The number of nitrogens with two attached hydrogens (primary N) is 1. The minimum Gasteiger partial charge on any atom is -0.457 e. The van der Waals surface area contributed by atoms with E-state index in [-0.39, 0.29) is 35.9 Å². The molecular weight excluding hydrogens is 751 g/mol. The molecule has 3 aliphatic heterocycles. The number of rotatable bonds is 15. The molecule has 3 aromatic carbocycles. The van der Waals surface area contributed by atoms with Gasteiger partial charge in [0, 0.05) is 43.7 Å². The van der Waals surface area contributed by atoms with Crippen molar-refractivity contribution in [3.8, 4) is 22.8 Å². The van der Waals surface area contributed by atoms with E-state index >= 15 is 0 Å². The first kappa shape index (κ1) is 39.2. The number of nitrogen functional groups attached to an aromatic ring is 1. The van der Waals surface area contributed by atoms with Crippen LogP contribution >= 0.6 is 0 Å². The summed E-state index contributed by atoms with van der Waals surface area (Å²) >= 11 is 0. The highest BCUT2D eigenvalue weighted by Crippen LogP contribution is 2.35. The maximum atomic E-state index is 13.4. The van der Waals surface area contributed by atoms with Gasteiger partial charge in [0.05, 0.1) is 22.6 Å². The largest absolute Gasteiger partial charge is 0.457 e. The monoisotopic (exact) mass is 797 g/mol. The van der Waals surface area contributed by atoms with Crippen LogP contribution < -0.4 is 21.1 Å². The fourth-order valence-electron chi connectivity index (χ4n) is 8.22. The molecule has 5 aromatic rings. The summed E-state index contributed by atoms with van der Waals surface area (Å²) < 4.78 is 7.90. The van der Waals surface area contributed by atoms with E-state index in [2.05, 4.69) is 20.6 Å². The Morgan fingerprint density at radius 1 is 0.847 bits per heavy atom. The number of imide groups is 2. The van der Waals surface area contributed by atoms with Gasteiger partial charge in [-0.2, -0.15) is 5.10 Å². The first-order chi connectivity index (χ1) is 28.7. The van der Waals surface area contributed by atoms with E-state index in [1.165, 1.54) is 6.33 Å². The van der Waals surface area contributed by atoms with Crippen molar-refractivity contribution in [2.24, 2.45) is 0 Å². The zero-order valence-corrected chi connectivity index (χ0v) is 32.8. The molecule has 0 bridgehead atoms. The maximum Gasteiger partial charge on any atom is 0.262 e. The Morgan fingerprint density at radius 3 is 2.39 bits per heavy atom. The zero-order chi connectivity index (χ0) is 40.9. The Kier molecular flexibility index (Phi) is 11.6. The van der Waals surface area contributed by atoms with Crippen molar-refractivity contribution in [3.63, 3.8) is 0 Å². The fraction of sp³-hybridized carbons (Fsp3) is 0.364. The number of nitrogens with one attached hydrogen (secondary N) is 2. The van der Waals surface area contributed by atoms with Crippen LogP contribution in [0.15, 0.2) is 79.1 Å². The van der Waals surface area contributed by atoms with Gasteiger partial charge >= 0.3 is 0 Å². The van der Waals surface area contributed by atoms with Gasteiger partial charge in [0.25, 0.3) is 11.8 Å². The van der Waals surface area contributed by atoms with Gasteiger partial charge in [-0.3, -0.25) is 34.2 Å². The third-order valence-electron chi connectivity index (χ3n) is 11.3. The Labute approximate surface area is 341 Å². The van der Waals surface area contributed by atoms with Gasteiger partial charge in [0.1, 0.15) is 35.4 Å². The molecule has 5 heterocycles. The summed E-state index contributed by atoms with van der Waals surface area (Å²) in [6, 6.07) is 21.3. The summed E-state index contributed by atoms with van der Waals surface area (Å²) in [5.74, 6) is -0.0726. The lowest BCUT2D eigenvalue weighted by Gasteiger charge is -2.33. The highest BCUT2D eigenvalue weighted by atomic mass is 16.5. The van der Waals surface area contributed by atoms with Gasteiger partial charge in [-0.1, -0.05) is 43.9 Å². The lowest BCUT2D eigenvalue weighted by molar-refractivity contribution is -0.136. The quantitative estimate of drug-likeness (QED) is 0.0798. The first-order valence-corrected chi connectivity index (χ1v) is 20.4. The molecule has 2 saturated heterocycles. The Bertz CT molecular complexity index is 2380. The summed E-state index contributed by atoms with van der Waals surface area (Å²) in [4.78, 5) is 75.1. The predicted octanol–water partition coefficient (Wildman–Crippen LogP) is 6.28. The standard InChI is InChI=1S/C44H47N9O6/c45-40-38-39(28-15-18-32(19-16-28)59-31-12-6-5-7-13-31)50-53(41(38)48-27-47-40)30-11-10-24-51(26-30)37(55)14-8-3-1-2-4-9-23-46-29-17-20-33-34(25-29)44(58)52(43(33)57)35-21-22-36(54)49-42(35)56/h5-7,12-13,15-20,25,27,30,35,46H,1-4,8-11,14,21-24,26H2,(H2,45,47,48)(H,49,54,56). The molecule has 2 atom stereocenters. The van der Waals surface area contributed by atoms with Gasteiger partial charge in [0.2, 0.25) is 17.7 Å². The van der Waals surface area contributed by atoms with Crippen molar-refractivity contribution in [1.29, 1.82) is 0 Å². The number of hydrogen-bond acceptors (Lipinski definition) is 11. The number of benzene rings is 3. The zero-order valence-electron chi connectivity index (χ0n) is 32.8. The van der Waals surface area contributed by atoms with Crippen molar-refractivity contribution in [2.75, 3.05) is 30.7 Å². The number of amides is 5. The number of para-hydroxylation sites is 1. The van der Waals surface area contributed by atoms with E-state index in [1.807, 2.05) is 64.2 Å². The second kappa shape index (κ2) is 17.5. The first-order valence-electron chi connectivity index (χ1n) is 20.4. The summed E-state index contributed by atoms with van der Waals surface area (Å²) in [7, 11) is 0. The molecule has 8 rings (SSSR count). The molecule has 15 heteroatoms. The van der Waals surface area contributed by atoms with Gasteiger partial charge in [-0.15, -0.1) is 0 Å². The second-order valence-corrected chi connectivity index (χ2v) is 15.3. The molecule has 0 aliphatic carbocycles. The van der Waals surface area contributed by atoms with Crippen molar-refractivity contribution in [3.05, 3.63) is 90.3 Å². The van der Waals surface area contributed by atoms with E-state index in [9.17, 15) is 24.0 Å². The van der Waals surface area contributed by atoms with Crippen LogP contribution in [-0.4, -0.2) is 84.8 Å². The average molecular weight is 798 g/mol. The number of anilines is 2. The minimum atomic E-state index is -0.982. The average Bonchev–Trinajstić information content (AvgIpc) is 3.76. The summed E-state index contributed by atoms with van der Waals surface area (Å²) in [5, 5.41) is 11.3. The van der Waals surface area contributed by atoms with Crippen molar-refractivity contribution >= 4 is 52.1 Å². The van der Waals surface area contributed by atoms with Gasteiger partial charge in [0.15, 0.2) is 5.65 Å². The SMILES string of the molecule is Nc1ncnc2c1c(-c1ccc(Oc3ccccc3)cc1)nn2C1CCCN(C(=O)CCCCCCCCNc2ccc3c(c2)C(=O)N(C2CCC(=O)NC2=O)C3=O)C1. The lowest BCUT2D eigenvalue weighted by atomic mass is 10.0. The number of nitrogens with zero attached hydrogens (tertiary/aromatic N) is 6. The number of carbonyl (C=O) groups excluding carboxylic acids is 5. The van der Waals surface area contributed by atoms with Crippen LogP contribution in [0.5, 0.6) is 11.5 Å². The van der Waals surface area contributed by atoms with E-state index in [0.29, 0.717) is 47.8 Å². The summed E-state index contributed by atoms with van der Waals surface area (Å²) in [6.45, 7) is 1.98. The Hall–Kier alpha value is -6.64. The molecule has 2 fully saturated rings. The van der Waals surface area contributed by atoms with Gasteiger partial charge in [-0.25, -0.2) is 14.6 Å². The Balaban J connectivity index is 0.771. The number of piperidine rings is 2. The van der Waals surface area contributed by atoms with Crippen molar-refractivity contribution in [1.82, 2.24) is 34.9 Å². The molecule has 0 radical (unpaired) electrons. The van der Waals surface area contributed by atoms with Crippen LogP contribution in [0, 0.1) is 0 Å². The molecule has 2 unspecified atom stereocenters. The van der Waals surface area contributed by atoms with Crippen molar-refractivity contribution in [2.45, 2.75) is 82.7 Å². The number of hydrogen-bond donors (Lipinski definition) is 3. The maximum absolute atomic E-state index is 13.4. The van der Waals surface area contributed by atoms with E-state index in [1.54, 1.807) is 18.2 Å². The molecule has 4 N–H and O–H groups in total. The molecule has 0 saturated carbocycles. The molecule has 5 amide bonds. The molecular formula is C44H47N9O6. The van der Waals surface area contributed by atoms with Crippen LogP contribution in [0.3, 0.4) is 0 Å². The molecule has 2 aromatic heterocycles. The molecule has 15 nitrogen and oxygen atoms in total. The van der Waals surface area contributed by atoms with E-state index < -0.39 is 29.7 Å². The summed E-state index contributed by atoms with van der Waals surface area (Å²) in [6.07, 6.45) is 9.73. The highest BCUT2D eigenvalue weighted by molar-refractivity contribution is 6.23.